The maximum atomic E-state index is 5.99. The summed E-state index contributed by atoms with van der Waals surface area (Å²) in [7, 11) is 0. The van der Waals surface area contributed by atoms with Gasteiger partial charge in [-0.15, -0.1) is 11.8 Å². The molecule has 0 saturated carbocycles. The smallest absolute Gasteiger partial charge is 0.0594 e. The van der Waals surface area contributed by atoms with Crippen molar-refractivity contribution < 1.29 is 4.74 Å². The lowest BCUT2D eigenvalue weighted by atomic mass is 10.2. The second kappa shape index (κ2) is 6.28. The van der Waals surface area contributed by atoms with E-state index in [1.54, 1.807) is 0 Å². The molecule has 0 radical (unpaired) electrons. The quantitative estimate of drug-likeness (QED) is 0.657. The van der Waals surface area contributed by atoms with Crippen LogP contribution in [0.25, 0.3) is 0 Å². The average Bonchev–Trinajstić information content (AvgIpc) is 2.33. The second-order valence-corrected chi connectivity index (χ2v) is 5.48. The molecule has 4 heteroatoms. The summed E-state index contributed by atoms with van der Waals surface area (Å²) in [6.07, 6.45) is 0. The van der Waals surface area contributed by atoms with Crippen molar-refractivity contribution in [2.24, 2.45) is 0 Å². The zero-order chi connectivity index (χ0) is 12.1. The van der Waals surface area contributed by atoms with Crippen LogP contribution in [0.3, 0.4) is 0 Å². The minimum atomic E-state index is 0.872. The Morgan fingerprint density at radius 2 is 2.12 bits per heavy atom. The van der Waals surface area contributed by atoms with Gasteiger partial charge in [-0.1, -0.05) is 6.07 Å². The van der Waals surface area contributed by atoms with Crippen molar-refractivity contribution in [3.8, 4) is 0 Å². The van der Waals surface area contributed by atoms with Gasteiger partial charge in [-0.25, -0.2) is 0 Å². The van der Waals surface area contributed by atoms with Gasteiger partial charge in [0.05, 0.1) is 13.2 Å². The molecule has 0 bridgehead atoms. The number of rotatable bonds is 4. The minimum Gasteiger partial charge on any atom is -0.398 e. The Balaban J connectivity index is 1.77. The molecule has 1 aliphatic rings. The molecule has 0 spiro atoms. The van der Waals surface area contributed by atoms with E-state index in [4.69, 9.17) is 10.5 Å². The Bertz CT molecular complexity index is 364. The molecule has 1 heterocycles. The summed E-state index contributed by atoms with van der Waals surface area (Å²) in [5.41, 5.74) is 8.11. The molecule has 3 nitrogen and oxygen atoms in total. The van der Waals surface area contributed by atoms with Gasteiger partial charge in [0, 0.05) is 36.0 Å². The van der Waals surface area contributed by atoms with E-state index in [-0.39, 0.29) is 0 Å². The highest BCUT2D eigenvalue weighted by Gasteiger charge is 2.09. The molecule has 1 aromatic rings. The van der Waals surface area contributed by atoms with Gasteiger partial charge in [0.2, 0.25) is 0 Å². The van der Waals surface area contributed by atoms with Crippen molar-refractivity contribution in [2.45, 2.75) is 11.8 Å². The zero-order valence-electron chi connectivity index (χ0n) is 10.3. The average molecular weight is 252 g/mol. The summed E-state index contributed by atoms with van der Waals surface area (Å²) in [4.78, 5) is 3.64. The Kier molecular flexibility index (Phi) is 4.71. The van der Waals surface area contributed by atoms with E-state index in [1.165, 1.54) is 10.5 Å². The molecule has 17 heavy (non-hydrogen) atoms. The van der Waals surface area contributed by atoms with Crippen LogP contribution < -0.4 is 5.73 Å². The summed E-state index contributed by atoms with van der Waals surface area (Å²) >= 11 is 1.84. The number of nitrogens with two attached hydrogens (primary N) is 1. The van der Waals surface area contributed by atoms with Gasteiger partial charge in [-0.2, -0.15) is 0 Å². The van der Waals surface area contributed by atoms with Crippen LogP contribution in [0, 0.1) is 6.92 Å². The third-order valence-electron chi connectivity index (χ3n) is 2.93. The highest BCUT2D eigenvalue weighted by molar-refractivity contribution is 7.99. The van der Waals surface area contributed by atoms with Gasteiger partial charge in [-0.3, -0.25) is 4.90 Å². The van der Waals surface area contributed by atoms with Gasteiger partial charge in [0.15, 0.2) is 0 Å². The number of hydrogen-bond donors (Lipinski definition) is 1. The molecule has 0 atom stereocenters. The van der Waals surface area contributed by atoms with E-state index < -0.39 is 0 Å². The molecule has 1 saturated heterocycles. The number of nitrogens with zero attached hydrogens (tertiary/aromatic N) is 1. The van der Waals surface area contributed by atoms with Crippen molar-refractivity contribution >= 4 is 17.4 Å². The number of benzene rings is 1. The molecule has 0 unspecified atom stereocenters. The lowest BCUT2D eigenvalue weighted by Gasteiger charge is -2.26. The van der Waals surface area contributed by atoms with Crippen LogP contribution in [0.4, 0.5) is 5.69 Å². The lowest BCUT2D eigenvalue weighted by Crippen LogP contribution is -2.37. The van der Waals surface area contributed by atoms with Gasteiger partial charge >= 0.3 is 0 Å². The SMILES string of the molecule is Cc1ccc(SCCN2CCOCC2)c(N)c1. The monoisotopic (exact) mass is 252 g/mol. The molecule has 0 amide bonds. The zero-order valence-corrected chi connectivity index (χ0v) is 11.1. The summed E-state index contributed by atoms with van der Waals surface area (Å²) in [5, 5.41) is 0. The number of thioether (sulfide) groups is 1. The molecule has 94 valence electrons. The Morgan fingerprint density at radius 3 is 2.82 bits per heavy atom. The Hall–Kier alpha value is -0.710. The fourth-order valence-electron chi connectivity index (χ4n) is 1.91. The lowest BCUT2D eigenvalue weighted by molar-refractivity contribution is 0.0410. The predicted octanol–water partition coefficient (Wildman–Crippen LogP) is 2.00. The third-order valence-corrected chi connectivity index (χ3v) is 4.00. The first-order valence-electron chi connectivity index (χ1n) is 6.05. The number of nitrogen functional groups attached to an aromatic ring is 1. The van der Waals surface area contributed by atoms with E-state index >= 15 is 0 Å². The standard InChI is InChI=1S/C13H20N2OS/c1-11-2-3-13(12(14)10-11)17-9-6-15-4-7-16-8-5-15/h2-3,10H,4-9,14H2,1H3. The van der Waals surface area contributed by atoms with Crippen molar-refractivity contribution in [3.05, 3.63) is 23.8 Å². The Labute approximate surface area is 107 Å². The second-order valence-electron chi connectivity index (χ2n) is 4.34. The van der Waals surface area contributed by atoms with E-state index in [1.807, 2.05) is 17.8 Å². The maximum absolute atomic E-state index is 5.99. The first-order chi connectivity index (χ1) is 8.25. The number of hydrogen-bond acceptors (Lipinski definition) is 4. The van der Waals surface area contributed by atoms with Crippen LogP contribution in [0.2, 0.25) is 0 Å². The van der Waals surface area contributed by atoms with Crippen LogP contribution >= 0.6 is 11.8 Å². The number of anilines is 1. The Morgan fingerprint density at radius 1 is 1.35 bits per heavy atom. The predicted molar refractivity (Wildman–Crippen MR) is 73.6 cm³/mol. The van der Waals surface area contributed by atoms with Crippen LogP contribution in [0.15, 0.2) is 23.1 Å². The highest BCUT2D eigenvalue weighted by Crippen LogP contribution is 2.25. The van der Waals surface area contributed by atoms with Gasteiger partial charge in [-0.05, 0) is 24.6 Å². The van der Waals surface area contributed by atoms with Crippen LogP contribution in [0.5, 0.6) is 0 Å². The van der Waals surface area contributed by atoms with Gasteiger partial charge < -0.3 is 10.5 Å². The van der Waals surface area contributed by atoms with Crippen molar-refractivity contribution in [2.75, 3.05) is 44.3 Å². The summed E-state index contributed by atoms with van der Waals surface area (Å²) in [6.45, 7) is 7.04. The molecule has 0 aliphatic carbocycles. The number of aryl methyl sites for hydroxylation is 1. The molecule has 2 N–H and O–H groups in total. The van der Waals surface area contributed by atoms with Crippen LogP contribution in [0.1, 0.15) is 5.56 Å². The van der Waals surface area contributed by atoms with Gasteiger partial charge in [0.25, 0.3) is 0 Å². The molecule has 2 rings (SSSR count). The fraction of sp³-hybridized carbons (Fsp3) is 0.538. The first-order valence-corrected chi connectivity index (χ1v) is 7.03. The van der Waals surface area contributed by atoms with E-state index in [2.05, 4.69) is 24.0 Å². The minimum absolute atomic E-state index is 0.872. The molecule has 1 fully saturated rings. The molecule has 0 aromatic heterocycles. The number of ether oxygens (including phenoxy) is 1. The molecule has 1 aliphatic heterocycles. The fourth-order valence-corrected chi connectivity index (χ4v) is 2.87. The number of morpholine rings is 1. The normalized spacial score (nSPS) is 17.2. The molecule has 1 aromatic carbocycles. The van der Waals surface area contributed by atoms with E-state index in [0.29, 0.717) is 0 Å². The summed E-state index contributed by atoms with van der Waals surface area (Å²) in [5.74, 6) is 1.09. The molecular weight excluding hydrogens is 232 g/mol. The first kappa shape index (κ1) is 12.7. The highest BCUT2D eigenvalue weighted by atomic mass is 32.2. The van der Waals surface area contributed by atoms with Crippen molar-refractivity contribution in [1.29, 1.82) is 0 Å². The largest absolute Gasteiger partial charge is 0.398 e. The van der Waals surface area contributed by atoms with Crippen molar-refractivity contribution in [3.63, 3.8) is 0 Å². The van der Waals surface area contributed by atoms with E-state index in [0.717, 1.165) is 44.3 Å². The molecular formula is C13H20N2OS. The summed E-state index contributed by atoms with van der Waals surface area (Å²) < 4.78 is 5.33. The van der Waals surface area contributed by atoms with Crippen LogP contribution in [-0.4, -0.2) is 43.5 Å². The van der Waals surface area contributed by atoms with Gasteiger partial charge in [0.1, 0.15) is 0 Å². The topological polar surface area (TPSA) is 38.5 Å². The maximum Gasteiger partial charge on any atom is 0.0594 e. The van der Waals surface area contributed by atoms with Crippen molar-refractivity contribution in [1.82, 2.24) is 4.90 Å². The van der Waals surface area contributed by atoms with E-state index in [9.17, 15) is 0 Å². The summed E-state index contributed by atoms with van der Waals surface area (Å²) in [6, 6.07) is 6.28. The third kappa shape index (κ3) is 3.91. The van der Waals surface area contributed by atoms with Crippen LogP contribution in [-0.2, 0) is 4.74 Å².